The second kappa shape index (κ2) is 4.62. The third kappa shape index (κ3) is 3.04. The van der Waals surface area contributed by atoms with E-state index in [4.69, 9.17) is 14.8 Å². The Bertz CT molecular complexity index is 367. The van der Waals surface area contributed by atoms with Crippen LogP contribution in [0.4, 0.5) is 13.2 Å². The smallest absolute Gasteiger partial charge is 0.497 e. The van der Waals surface area contributed by atoms with Crippen molar-refractivity contribution >= 4 is 12.6 Å². The van der Waals surface area contributed by atoms with Crippen molar-refractivity contribution in [3.05, 3.63) is 18.2 Å². The molecular formula is C8H8BF3O4. The first-order valence-electron chi connectivity index (χ1n) is 4.14. The summed E-state index contributed by atoms with van der Waals surface area (Å²) in [7, 11) is -0.924. The highest BCUT2D eigenvalue weighted by atomic mass is 19.4. The molecule has 0 spiro atoms. The van der Waals surface area contributed by atoms with E-state index in [0.29, 0.717) is 0 Å². The van der Waals surface area contributed by atoms with Gasteiger partial charge in [-0.25, -0.2) is 0 Å². The third-order valence-electron chi connectivity index (χ3n) is 1.73. The average molecular weight is 236 g/mol. The van der Waals surface area contributed by atoms with Crippen molar-refractivity contribution in [3.8, 4) is 11.5 Å². The minimum absolute atomic E-state index is 0.100. The summed E-state index contributed by atoms with van der Waals surface area (Å²) >= 11 is 0. The van der Waals surface area contributed by atoms with Crippen LogP contribution in [-0.4, -0.2) is 30.6 Å². The summed E-state index contributed by atoms with van der Waals surface area (Å²) in [5, 5.41) is 17.9. The van der Waals surface area contributed by atoms with Crippen LogP contribution in [0.1, 0.15) is 0 Å². The highest BCUT2D eigenvalue weighted by Gasteiger charge is 2.34. The number of ether oxygens (including phenoxy) is 2. The van der Waals surface area contributed by atoms with E-state index in [1.54, 1.807) is 0 Å². The minimum atomic E-state index is -4.91. The van der Waals surface area contributed by atoms with Gasteiger partial charge in [-0.2, -0.15) is 0 Å². The number of rotatable bonds is 3. The molecule has 1 aromatic carbocycles. The van der Waals surface area contributed by atoms with Crippen LogP contribution in [0.25, 0.3) is 0 Å². The predicted octanol–water partition coefficient (Wildman–Crippen LogP) is 0.274. The molecule has 0 unspecified atom stereocenters. The summed E-state index contributed by atoms with van der Waals surface area (Å²) in [5.41, 5.74) is -0.470. The van der Waals surface area contributed by atoms with Crippen molar-refractivity contribution in [1.82, 2.24) is 0 Å². The zero-order valence-electron chi connectivity index (χ0n) is 8.15. The monoisotopic (exact) mass is 236 g/mol. The SMILES string of the molecule is COc1cccc(OC(F)(F)F)c1B(O)O. The second-order valence-electron chi connectivity index (χ2n) is 2.79. The van der Waals surface area contributed by atoms with E-state index in [9.17, 15) is 13.2 Å². The molecule has 4 nitrogen and oxygen atoms in total. The maximum Gasteiger partial charge on any atom is 0.573 e. The second-order valence-corrected chi connectivity index (χ2v) is 2.79. The van der Waals surface area contributed by atoms with Crippen LogP contribution in [-0.2, 0) is 0 Å². The van der Waals surface area contributed by atoms with Crippen LogP contribution in [0.3, 0.4) is 0 Å². The van der Waals surface area contributed by atoms with Gasteiger partial charge >= 0.3 is 13.5 Å². The van der Waals surface area contributed by atoms with Crippen LogP contribution < -0.4 is 14.9 Å². The Morgan fingerprint density at radius 2 is 1.75 bits per heavy atom. The molecule has 0 aliphatic rings. The van der Waals surface area contributed by atoms with Crippen LogP contribution in [0.5, 0.6) is 11.5 Å². The number of hydrogen-bond acceptors (Lipinski definition) is 4. The quantitative estimate of drug-likeness (QED) is 0.739. The molecule has 0 bridgehead atoms. The van der Waals surface area contributed by atoms with E-state index in [1.807, 2.05) is 0 Å². The molecule has 0 aromatic heterocycles. The van der Waals surface area contributed by atoms with E-state index in [0.717, 1.165) is 6.07 Å². The maximum absolute atomic E-state index is 12.0. The fraction of sp³-hybridized carbons (Fsp3) is 0.250. The number of benzene rings is 1. The summed E-state index contributed by atoms with van der Waals surface area (Å²) in [5.74, 6) is -0.807. The van der Waals surface area contributed by atoms with Crippen LogP contribution in [0.15, 0.2) is 18.2 Å². The predicted molar refractivity (Wildman–Crippen MR) is 49.5 cm³/mol. The topological polar surface area (TPSA) is 58.9 Å². The third-order valence-corrected chi connectivity index (χ3v) is 1.73. The van der Waals surface area contributed by atoms with Gasteiger partial charge in [0.05, 0.1) is 12.6 Å². The van der Waals surface area contributed by atoms with Gasteiger partial charge in [0.2, 0.25) is 0 Å². The van der Waals surface area contributed by atoms with Crippen LogP contribution in [0.2, 0.25) is 0 Å². The molecule has 0 aliphatic carbocycles. The van der Waals surface area contributed by atoms with Crippen molar-refractivity contribution in [2.45, 2.75) is 6.36 Å². The molecule has 0 heterocycles. The highest BCUT2D eigenvalue weighted by Crippen LogP contribution is 2.24. The Labute approximate surface area is 89.4 Å². The molecular weight excluding hydrogens is 228 g/mol. The first kappa shape index (κ1) is 12.7. The highest BCUT2D eigenvalue weighted by molar-refractivity contribution is 6.60. The van der Waals surface area contributed by atoms with E-state index in [-0.39, 0.29) is 5.75 Å². The number of hydrogen-bond donors (Lipinski definition) is 2. The Kier molecular flexibility index (Phi) is 3.66. The molecule has 16 heavy (non-hydrogen) atoms. The molecule has 1 aromatic rings. The van der Waals surface area contributed by atoms with Crippen molar-refractivity contribution in [3.63, 3.8) is 0 Å². The van der Waals surface area contributed by atoms with E-state index in [2.05, 4.69) is 4.74 Å². The lowest BCUT2D eigenvalue weighted by Gasteiger charge is -2.15. The van der Waals surface area contributed by atoms with Gasteiger partial charge in [0.1, 0.15) is 11.5 Å². The fourth-order valence-electron chi connectivity index (χ4n) is 1.17. The molecule has 88 valence electrons. The first-order chi connectivity index (χ1) is 7.35. The average Bonchev–Trinajstić information content (AvgIpc) is 2.14. The molecule has 0 radical (unpaired) electrons. The molecule has 0 saturated carbocycles. The van der Waals surface area contributed by atoms with Gasteiger partial charge in [-0.1, -0.05) is 6.07 Å². The lowest BCUT2D eigenvalue weighted by molar-refractivity contribution is -0.274. The Morgan fingerprint density at radius 3 is 2.19 bits per heavy atom. The summed E-state index contributed by atoms with van der Waals surface area (Å²) < 4.78 is 44.3. The normalized spacial score (nSPS) is 11.1. The number of methoxy groups -OCH3 is 1. The van der Waals surface area contributed by atoms with Gasteiger partial charge in [0.25, 0.3) is 0 Å². The Balaban J connectivity index is 3.17. The van der Waals surface area contributed by atoms with Crippen LogP contribution >= 0.6 is 0 Å². The molecule has 0 saturated heterocycles. The van der Waals surface area contributed by atoms with E-state index < -0.39 is 24.7 Å². The van der Waals surface area contributed by atoms with E-state index >= 15 is 0 Å². The van der Waals surface area contributed by atoms with Gasteiger partial charge in [0.15, 0.2) is 0 Å². The fourth-order valence-corrected chi connectivity index (χ4v) is 1.17. The number of halogens is 3. The zero-order valence-corrected chi connectivity index (χ0v) is 8.15. The summed E-state index contributed by atoms with van der Waals surface area (Å²) in [6.07, 6.45) is -4.91. The summed E-state index contributed by atoms with van der Waals surface area (Å²) in [4.78, 5) is 0. The Morgan fingerprint density at radius 1 is 1.19 bits per heavy atom. The summed E-state index contributed by atoms with van der Waals surface area (Å²) in [6, 6.07) is 3.49. The van der Waals surface area contributed by atoms with Crippen molar-refractivity contribution in [2.75, 3.05) is 7.11 Å². The molecule has 0 atom stereocenters. The first-order valence-corrected chi connectivity index (χ1v) is 4.14. The van der Waals surface area contributed by atoms with Crippen molar-refractivity contribution in [2.24, 2.45) is 0 Å². The minimum Gasteiger partial charge on any atom is -0.497 e. The van der Waals surface area contributed by atoms with Crippen LogP contribution in [0, 0.1) is 0 Å². The largest absolute Gasteiger partial charge is 0.573 e. The zero-order chi connectivity index (χ0) is 12.3. The van der Waals surface area contributed by atoms with Gasteiger partial charge in [-0.3, -0.25) is 0 Å². The molecule has 0 fully saturated rings. The Hall–Kier alpha value is -1.41. The number of alkyl halides is 3. The molecule has 2 N–H and O–H groups in total. The van der Waals surface area contributed by atoms with Gasteiger partial charge in [0, 0.05) is 0 Å². The maximum atomic E-state index is 12.0. The van der Waals surface area contributed by atoms with E-state index in [1.165, 1.54) is 19.2 Å². The summed E-state index contributed by atoms with van der Waals surface area (Å²) in [6.45, 7) is 0. The van der Waals surface area contributed by atoms with Crippen molar-refractivity contribution in [1.29, 1.82) is 0 Å². The lowest BCUT2D eigenvalue weighted by Crippen LogP contribution is -2.34. The van der Waals surface area contributed by atoms with Gasteiger partial charge < -0.3 is 19.5 Å². The molecule has 0 amide bonds. The molecule has 1 rings (SSSR count). The van der Waals surface area contributed by atoms with Gasteiger partial charge in [-0.15, -0.1) is 13.2 Å². The van der Waals surface area contributed by atoms with Gasteiger partial charge in [-0.05, 0) is 12.1 Å². The lowest BCUT2D eigenvalue weighted by atomic mass is 9.78. The molecule has 8 heteroatoms. The van der Waals surface area contributed by atoms with Crippen molar-refractivity contribution < 1.29 is 32.7 Å². The standard InChI is InChI=1S/C8H8BF3O4/c1-15-5-3-2-4-6(7(5)9(13)14)16-8(10,11)12/h2-4,13-14H,1H3. The molecule has 0 aliphatic heterocycles.